The predicted octanol–water partition coefficient (Wildman–Crippen LogP) is 4.12. The van der Waals surface area contributed by atoms with Gasteiger partial charge in [0, 0.05) is 11.4 Å². The molecule has 1 atom stereocenters. The maximum atomic E-state index is 13.0. The molecule has 0 aliphatic carbocycles. The molecule has 0 radical (unpaired) electrons. The van der Waals surface area contributed by atoms with Gasteiger partial charge in [-0.15, -0.1) is 0 Å². The van der Waals surface area contributed by atoms with E-state index in [1.807, 2.05) is 13.0 Å². The summed E-state index contributed by atoms with van der Waals surface area (Å²) in [6.45, 7) is 1.89. The van der Waals surface area contributed by atoms with Gasteiger partial charge in [-0.3, -0.25) is 4.79 Å². The fourth-order valence-electron chi connectivity index (χ4n) is 1.85. The highest BCUT2D eigenvalue weighted by atomic mass is 35.5. The van der Waals surface area contributed by atoms with Crippen LogP contribution in [0.25, 0.3) is 0 Å². The first-order valence-electron chi connectivity index (χ1n) is 6.04. The van der Waals surface area contributed by atoms with Crippen molar-refractivity contribution in [3.8, 4) is 6.07 Å². The number of nitriles is 1. The molecular weight excluding hydrogens is 281 g/mol. The molecule has 0 aliphatic heterocycles. The van der Waals surface area contributed by atoms with E-state index in [1.54, 1.807) is 6.07 Å². The monoisotopic (exact) mass is 291 g/mol. The molecule has 5 heteroatoms. The Labute approximate surface area is 120 Å². The van der Waals surface area contributed by atoms with Gasteiger partial charge in [-0.1, -0.05) is 24.6 Å². The van der Waals surface area contributed by atoms with Crippen molar-refractivity contribution in [3.05, 3.63) is 58.3 Å². The van der Waals surface area contributed by atoms with Crippen LogP contribution in [0.5, 0.6) is 0 Å². The van der Waals surface area contributed by atoms with Gasteiger partial charge in [-0.2, -0.15) is 5.26 Å². The van der Waals surface area contributed by atoms with Gasteiger partial charge in [0.25, 0.3) is 0 Å². The van der Waals surface area contributed by atoms with Gasteiger partial charge in [-0.05, 0) is 29.8 Å². The molecular formula is C15H11ClFNO2. The van der Waals surface area contributed by atoms with Crippen LogP contribution in [0.15, 0.2) is 34.7 Å². The molecule has 1 aromatic heterocycles. The Bertz CT molecular complexity index is 687. The second kappa shape index (κ2) is 5.89. The van der Waals surface area contributed by atoms with Crippen molar-refractivity contribution in [2.24, 2.45) is 0 Å². The Balaban J connectivity index is 2.37. The zero-order chi connectivity index (χ0) is 14.7. The fraction of sp³-hybridized carbons (Fsp3) is 0.200. The highest BCUT2D eigenvalue weighted by Crippen LogP contribution is 2.28. The number of carbonyl (C=O) groups is 1. The molecule has 0 fully saturated rings. The first kappa shape index (κ1) is 14.3. The van der Waals surface area contributed by atoms with Gasteiger partial charge >= 0.3 is 0 Å². The van der Waals surface area contributed by atoms with E-state index in [4.69, 9.17) is 16.0 Å². The molecule has 0 amide bonds. The Morgan fingerprint density at radius 2 is 2.20 bits per heavy atom. The Morgan fingerprint density at radius 1 is 1.45 bits per heavy atom. The molecule has 0 aliphatic rings. The predicted molar refractivity (Wildman–Crippen MR) is 72.2 cm³/mol. The van der Waals surface area contributed by atoms with E-state index in [0.29, 0.717) is 12.2 Å². The second-order valence-electron chi connectivity index (χ2n) is 4.21. The lowest BCUT2D eigenvalue weighted by molar-refractivity contribution is 0.0950. The minimum absolute atomic E-state index is 0.0483. The van der Waals surface area contributed by atoms with Crippen LogP contribution in [0, 0.1) is 17.1 Å². The molecule has 0 saturated carbocycles. The van der Waals surface area contributed by atoms with Crippen LogP contribution in [0.3, 0.4) is 0 Å². The zero-order valence-corrected chi connectivity index (χ0v) is 11.4. The summed E-state index contributed by atoms with van der Waals surface area (Å²) in [6.07, 6.45) is 0.655. The van der Waals surface area contributed by atoms with E-state index in [-0.39, 0.29) is 16.3 Å². The van der Waals surface area contributed by atoms with E-state index in [0.717, 1.165) is 6.07 Å². The fourth-order valence-corrected chi connectivity index (χ4v) is 2.12. The van der Waals surface area contributed by atoms with E-state index in [1.165, 1.54) is 18.2 Å². The minimum Gasteiger partial charge on any atom is -0.458 e. The molecule has 2 aromatic rings. The number of benzene rings is 1. The molecule has 1 heterocycles. The van der Waals surface area contributed by atoms with Crippen molar-refractivity contribution < 1.29 is 13.6 Å². The number of furan rings is 1. The average Bonchev–Trinajstić information content (AvgIpc) is 2.90. The van der Waals surface area contributed by atoms with Crippen molar-refractivity contribution in [2.75, 3.05) is 0 Å². The molecule has 2 rings (SSSR count). The molecule has 3 nitrogen and oxygen atoms in total. The third-order valence-corrected chi connectivity index (χ3v) is 3.25. The molecule has 0 saturated heterocycles. The van der Waals surface area contributed by atoms with Crippen LogP contribution in [0.4, 0.5) is 4.39 Å². The average molecular weight is 292 g/mol. The van der Waals surface area contributed by atoms with Crippen molar-refractivity contribution in [2.45, 2.75) is 19.3 Å². The van der Waals surface area contributed by atoms with Gasteiger partial charge < -0.3 is 4.42 Å². The van der Waals surface area contributed by atoms with Gasteiger partial charge in [0.2, 0.25) is 5.78 Å². The van der Waals surface area contributed by atoms with E-state index < -0.39 is 17.5 Å². The number of rotatable bonds is 4. The Morgan fingerprint density at radius 3 is 2.75 bits per heavy atom. The summed E-state index contributed by atoms with van der Waals surface area (Å²) in [7, 11) is 0. The lowest BCUT2D eigenvalue weighted by atomic mass is 9.94. The van der Waals surface area contributed by atoms with Crippen LogP contribution in [-0.2, 0) is 6.42 Å². The third kappa shape index (κ3) is 2.73. The van der Waals surface area contributed by atoms with Crippen molar-refractivity contribution in [1.82, 2.24) is 0 Å². The molecule has 0 N–H and O–H groups in total. The second-order valence-corrected chi connectivity index (χ2v) is 4.62. The lowest BCUT2D eigenvalue weighted by Gasteiger charge is -2.09. The van der Waals surface area contributed by atoms with Crippen LogP contribution < -0.4 is 0 Å². The van der Waals surface area contributed by atoms with Crippen LogP contribution in [0.2, 0.25) is 5.02 Å². The molecule has 1 aromatic carbocycles. The molecule has 20 heavy (non-hydrogen) atoms. The Hall–Kier alpha value is -2.12. The van der Waals surface area contributed by atoms with Crippen molar-refractivity contribution in [1.29, 1.82) is 5.26 Å². The SMILES string of the molecule is CCc1ccc(C(=O)C(C#N)c2ccc(F)cc2Cl)o1. The number of carbonyl (C=O) groups excluding carboxylic acids is 1. The summed E-state index contributed by atoms with van der Waals surface area (Å²) in [5, 5.41) is 9.25. The molecule has 0 spiro atoms. The van der Waals surface area contributed by atoms with Crippen LogP contribution in [-0.4, -0.2) is 5.78 Å². The highest BCUT2D eigenvalue weighted by Gasteiger charge is 2.26. The van der Waals surface area contributed by atoms with Crippen LogP contribution >= 0.6 is 11.6 Å². The number of ketones is 1. The largest absolute Gasteiger partial charge is 0.458 e. The number of aryl methyl sites for hydroxylation is 1. The summed E-state index contributed by atoms with van der Waals surface area (Å²) in [5.74, 6) is -1.35. The highest BCUT2D eigenvalue weighted by molar-refractivity contribution is 6.31. The van der Waals surface area contributed by atoms with E-state index in [9.17, 15) is 14.4 Å². The smallest absolute Gasteiger partial charge is 0.219 e. The van der Waals surface area contributed by atoms with Crippen molar-refractivity contribution in [3.63, 3.8) is 0 Å². The summed E-state index contributed by atoms with van der Waals surface area (Å²) in [5.41, 5.74) is 0.273. The molecule has 0 bridgehead atoms. The number of hydrogen-bond acceptors (Lipinski definition) is 3. The normalized spacial score (nSPS) is 11.9. The first-order valence-corrected chi connectivity index (χ1v) is 6.42. The first-order chi connectivity index (χ1) is 9.56. The number of nitrogens with zero attached hydrogens (tertiary/aromatic N) is 1. The Kier molecular flexibility index (Phi) is 4.21. The molecule has 102 valence electrons. The van der Waals surface area contributed by atoms with Gasteiger partial charge in [0.15, 0.2) is 5.76 Å². The van der Waals surface area contributed by atoms with Gasteiger partial charge in [0.05, 0.1) is 6.07 Å². The maximum Gasteiger partial charge on any atom is 0.219 e. The summed E-state index contributed by atoms with van der Waals surface area (Å²) in [6, 6.07) is 8.69. The third-order valence-electron chi connectivity index (χ3n) is 2.92. The number of hydrogen-bond donors (Lipinski definition) is 0. The summed E-state index contributed by atoms with van der Waals surface area (Å²) in [4.78, 5) is 12.3. The minimum atomic E-state index is -1.11. The van der Waals surface area contributed by atoms with Gasteiger partial charge in [0.1, 0.15) is 17.5 Å². The summed E-state index contributed by atoms with van der Waals surface area (Å²) >= 11 is 5.89. The summed E-state index contributed by atoms with van der Waals surface area (Å²) < 4.78 is 18.4. The zero-order valence-electron chi connectivity index (χ0n) is 10.7. The maximum absolute atomic E-state index is 13.0. The van der Waals surface area contributed by atoms with Crippen molar-refractivity contribution >= 4 is 17.4 Å². The van der Waals surface area contributed by atoms with Gasteiger partial charge in [-0.25, -0.2) is 4.39 Å². The lowest BCUT2D eigenvalue weighted by Crippen LogP contribution is -2.11. The number of Topliss-reactive ketones (excluding diaryl/α,β-unsaturated/α-hetero) is 1. The van der Waals surface area contributed by atoms with Crippen LogP contribution in [0.1, 0.15) is 34.7 Å². The molecule has 1 unspecified atom stereocenters. The van der Waals surface area contributed by atoms with E-state index in [2.05, 4.69) is 0 Å². The topological polar surface area (TPSA) is 54.0 Å². The van der Waals surface area contributed by atoms with E-state index >= 15 is 0 Å². The quantitative estimate of drug-likeness (QED) is 0.796. The number of halogens is 2. The standard InChI is InChI=1S/C15H11ClFNO2/c1-2-10-4-6-14(20-10)15(19)12(8-18)11-5-3-9(17)7-13(11)16/h3-7,12H,2H2,1H3.